The number of benzene rings is 2. The van der Waals surface area contributed by atoms with Gasteiger partial charge in [-0.3, -0.25) is 4.79 Å². The minimum atomic E-state index is -0.352. The van der Waals surface area contributed by atoms with Crippen LogP contribution in [0, 0.1) is 0 Å². The van der Waals surface area contributed by atoms with Crippen LogP contribution in [0.2, 0.25) is 0 Å². The molecular formula is C23H26O6. The number of phenolic OH excluding ortho intramolecular Hbond substituents is 1. The smallest absolute Gasteiger partial charge is 0.189 e. The third kappa shape index (κ3) is 5.78. The van der Waals surface area contributed by atoms with E-state index in [0.717, 1.165) is 5.57 Å². The molecule has 0 saturated carbocycles. The molecule has 0 amide bonds. The molecule has 0 unspecified atom stereocenters. The van der Waals surface area contributed by atoms with E-state index in [1.165, 1.54) is 39.5 Å². The fourth-order valence-corrected chi connectivity index (χ4v) is 2.55. The average molecular weight is 398 g/mol. The van der Waals surface area contributed by atoms with E-state index in [2.05, 4.69) is 0 Å². The number of hydrogen-bond acceptors (Lipinski definition) is 6. The Morgan fingerprint density at radius 1 is 0.966 bits per heavy atom. The Balaban J connectivity index is 2.21. The van der Waals surface area contributed by atoms with Crippen molar-refractivity contribution in [1.82, 2.24) is 0 Å². The summed E-state index contributed by atoms with van der Waals surface area (Å²) in [6.45, 7) is 4.35. The summed E-state index contributed by atoms with van der Waals surface area (Å²) >= 11 is 0. The molecule has 154 valence electrons. The van der Waals surface area contributed by atoms with Crippen molar-refractivity contribution < 1.29 is 28.8 Å². The van der Waals surface area contributed by atoms with Gasteiger partial charge < -0.3 is 24.1 Å². The fraction of sp³-hybridized carbons (Fsp3) is 0.261. The third-order valence-corrected chi connectivity index (χ3v) is 4.13. The first-order chi connectivity index (χ1) is 13.9. The van der Waals surface area contributed by atoms with Crippen LogP contribution in [0.5, 0.6) is 28.7 Å². The normalized spacial score (nSPS) is 10.5. The van der Waals surface area contributed by atoms with Crippen LogP contribution in [0.3, 0.4) is 0 Å². The monoisotopic (exact) mass is 398 g/mol. The van der Waals surface area contributed by atoms with Crippen molar-refractivity contribution in [2.45, 2.75) is 13.8 Å². The highest BCUT2D eigenvalue weighted by molar-refractivity contribution is 6.08. The second-order valence-corrected chi connectivity index (χ2v) is 6.42. The van der Waals surface area contributed by atoms with E-state index < -0.39 is 0 Å². The number of phenols is 1. The van der Waals surface area contributed by atoms with E-state index in [0.29, 0.717) is 35.2 Å². The van der Waals surface area contributed by atoms with Gasteiger partial charge in [0.2, 0.25) is 0 Å². The molecule has 6 nitrogen and oxygen atoms in total. The number of carbonyl (C=O) groups is 1. The quantitative estimate of drug-likeness (QED) is 0.376. The van der Waals surface area contributed by atoms with Gasteiger partial charge in [-0.1, -0.05) is 5.57 Å². The zero-order chi connectivity index (χ0) is 21.4. The Labute approximate surface area is 171 Å². The molecule has 0 saturated heterocycles. The molecule has 2 rings (SSSR count). The predicted molar refractivity (Wildman–Crippen MR) is 112 cm³/mol. The largest absolute Gasteiger partial charge is 0.507 e. The number of carbonyl (C=O) groups excluding carboxylic acids is 1. The lowest BCUT2D eigenvalue weighted by atomic mass is 10.1. The Bertz CT molecular complexity index is 923. The molecule has 0 fully saturated rings. The molecule has 0 bridgehead atoms. The van der Waals surface area contributed by atoms with Crippen LogP contribution in [0.25, 0.3) is 6.08 Å². The molecule has 0 heterocycles. The molecule has 0 atom stereocenters. The van der Waals surface area contributed by atoms with E-state index in [9.17, 15) is 9.90 Å². The summed E-state index contributed by atoms with van der Waals surface area (Å²) in [6.07, 6.45) is 4.89. The molecule has 1 N–H and O–H groups in total. The van der Waals surface area contributed by atoms with Gasteiger partial charge in [-0.05, 0) is 50.3 Å². The predicted octanol–water partition coefficient (Wildman–Crippen LogP) is 4.66. The zero-order valence-electron chi connectivity index (χ0n) is 17.3. The minimum Gasteiger partial charge on any atom is -0.507 e. The van der Waals surface area contributed by atoms with Crippen LogP contribution in [0.15, 0.2) is 48.1 Å². The number of aromatic hydroxyl groups is 1. The molecular weight excluding hydrogens is 372 g/mol. The maximum absolute atomic E-state index is 12.5. The summed E-state index contributed by atoms with van der Waals surface area (Å²) in [6, 6.07) is 8.00. The minimum absolute atomic E-state index is 0.145. The number of allylic oxidation sites excluding steroid dienone is 2. The Morgan fingerprint density at radius 3 is 2.21 bits per heavy atom. The van der Waals surface area contributed by atoms with Crippen LogP contribution < -0.4 is 18.9 Å². The summed E-state index contributed by atoms with van der Waals surface area (Å²) in [5.74, 6) is 1.56. The van der Waals surface area contributed by atoms with Crippen LogP contribution in [-0.2, 0) is 0 Å². The summed E-state index contributed by atoms with van der Waals surface area (Å²) in [5.41, 5.74) is 1.95. The Hall–Kier alpha value is -3.41. The van der Waals surface area contributed by atoms with E-state index in [1.54, 1.807) is 24.3 Å². The standard InChI is InChI=1S/C23H26O6/c1-15(2)10-11-29-17-7-8-18(20(25)13-17)19(24)9-6-16-12-22(27-4)23(28-5)14-21(16)26-3/h6-10,12-14,25H,11H2,1-5H3/b9-6+. The van der Waals surface area contributed by atoms with Gasteiger partial charge in [-0.25, -0.2) is 0 Å². The van der Waals surface area contributed by atoms with Gasteiger partial charge in [0.15, 0.2) is 17.3 Å². The van der Waals surface area contributed by atoms with Crippen molar-refractivity contribution >= 4 is 11.9 Å². The first-order valence-corrected chi connectivity index (χ1v) is 9.01. The number of hydrogen-bond donors (Lipinski definition) is 1. The molecule has 0 spiro atoms. The van der Waals surface area contributed by atoms with Gasteiger partial charge in [0.05, 0.1) is 26.9 Å². The van der Waals surface area contributed by atoms with Crippen LogP contribution in [-0.4, -0.2) is 38.8 Å². The fourth-order valence-electron chi connectivity index (χ4n) is 2.55. The highest BCUT2D eigenvalue weighted by Crippen LogP contribution is 2.35. The Kier molecular flexibility index (Phi) is 7.71. The van der Waals surface area contributed by atoms with Crippen molar-refractivity contribution in [3.05, 3.63) is 59.2 Å². The number of rotatable bonds is 9. The van der Waals surface area contributed by atoms with Crippen LogP contribution in [0.1, 0.15) is 29.8 Å². The first-order valence-electron chi connectivity index (χ1n) is 9.01. The van der Waals surface area contributed by atoms with Crippen molar-refractivity contribution in [1.29, 1.82) is 0 Å². The zero-order valence-corrected chi connectivity index (χ0v) is 17.3. The molecule has 2 aromatic rings. The van der Waals surface area contributed by atoms with Crippen LogP contribution in [0.4, 0.5) is 0 Å². The summed E-state index contributed by atoms with van der Waals surface area (Å²) in [7, 11) is 4.59. The van der Waals surface area contributed by atoms with Gasteiger partial charge in [0, 0.05) is 17.7 Å². The summed E-state index contributed by atoms with van der Waals surface area (Å²) in [5, 5.41) is 10.2. The van der Waals surface area contributed by atoms with Crippen molar-refractivity contribution in [2.75, 3.05) is 27.9 Å². The topological polar surface area (TPSA) is 74.2 Å². The highest BCUT2D eigenvalue weighted by Gasteiger charge is 2.12. The maximum Gasteiger partial charge on any atom is 0.189 e. The van der Waals surface area contributed by atoms with Gasteiger partial charge in [-0.15, -0.1) is 0 Å². The van der Waals surface area contributed by atoms with Crippen molar-refractivity contribution in [3.63, 3.8) is 0 Å². The Morgan fingerprint density at radius 2 is 1.62 bits per heavy atom. The molecule has 2 aromatic carbocycles. The molecule has 6 heteroatoms. The van der Waals surface area contributed by atoms with E-state index in [-0.39, 0.29) is 17.1 Å². The maximum atomic E-state index is 12.5. The first kappa shape index (κ1) is 21.9. The molecule has 29 heavy (non-hydrogen) atoms. The summed E-state index contributed by atoms with van der Waals surface area (Å²) < 4.78 is 21.4. The summed E-state index contributed by atoms with van der Waals surface area (Å²) in [4.78, 5) is 12.5. The van der Waals surface area contributed by atoms with Crippen molar-refractivity contribution in [2.24, 2.45) is 0 Å². The lowest BCUT2D eigenvalue weighted by Gasteiger charge is -2.12. The van der Waals surface area contributed by atoms with Crippen LogP contribution >= 0.6 is 0 Å². The lowest BCUT2D eigenvalue weighted by molar-refractivity contribution is 0.104. The molecule has 0 aliphatic heterocycles. The second-order valence-electron chi connectivity index (χ2n) is 6.42. The van der Waals surface area contributed by atoms with E-state index in [1.807, 2.05) is 19.9 Å². The molecule has 0 radical (unpaired) electrons. The second kappa shape index (κ2) is 10.2. The number of ketones is 1. The third-order valence-electron chi connectivity index (χ3n) is 4.13. The van der Waals surface area contributed by atoms with E-state index >= 15 is 0 Å². The van der Waals surface area contributed by atoms with Crippen molar-refractivity contribution in [3.8, 4) is 28.7 Å². The number of ether oxygens (including phenoxy) is 4. The van der Waals surface area contributed by atoms with Gasteiger partial charge in [0.1, 0.15) is 23.9 Å². The molecule has 0 aromatic heterocycles. The number of methoxy groups -OCH3 is 3. The SMILES string of the molecule is COc1cc(OC)c(OC)cc1/C=C/C(=O)c1ccc(OCC=C(C)C)cc1O. The van der Waals surface area contributed by atoms with Gasteiger partial charge >= 0.3 is 0 Å². The van der Waals surface area contributed by atoms with E-state index in [4.69, 9.17) is 18.9 Å². The molecule has 0 aliphatic rings. The lowest BCUT2D eigenvalue weighted by Crippen LogP contribution is -1.98. The average Bonchev–Trinajstić information content (AvgIpc) is 2.71. The highest BCUT2D eigenvalue weighted by atomic mass is 16.5. The van der Waals surface area contributed by atoms with Gasteiger partial charge in [-0.2, -0.15) is 0 Å². The molecule has 0 aliphatic carbocycles. The van der Waals surface area contributed by atoms with Gasteiger partial charge in [0.25, 0.3) is 0 Å².